The molecule has 1 fully saturated rings. The summed E-state index contributed by atoms with van der Waals surface area (Å²) in [4.78, 5) is 37.8. The van der Waals surface area contributed by atoms with E-state index in [4.69, 9.17) is 9.47 Å². The molecule has 2 N–H and O–H groups in total. The van der Waals surface area contributed by atoms with Crippen molar-refractivity contribution in [3.05, 3.63) is 59.7 Å². The van der Waals surface area contributed by atoms with Crippen LogP contribution in [0.4, 0.5) is 4.79 Å². The van der Waals surface area contributed by atoms with E-state index in [1.165, 1.54) is 4.90 Å². The molecule has 0 bridgehead atoms. The van der Waals surface area contributed by atoms with Gasteiger partial charge in [0.25, 0.3) is 0 Å². The van der Waals surface area contributed by atoms with E-state index >= 15 is 0 Å². The summed E-state index contributed by atoms with van der Waals surface area (Å²) in [5.74, 6) is -2.00. The molecule has 1 saturated heterocycles. The molecular formula is C25H28N2O6. The number of hydrogen-bond acceptors (Lipinski definition) is 5. The van der Waals surface area contributed by atoms with Crippen LogP contribution in [0.3, 0.4) is 0 Å². The summed E-state index contributed by atoms with van der Waals surface area (Å²) in [6.07, 6.45) is -0.531. The smallest absolute Gasteiger partial charge is 0.407 e. The van der Waals surface area contributed by atoms with Crippen molar-refractivity contribution in [3.8, 4) is 11.1 Å². The molecule has 1 aliphatic heterocycles. The summed E-state index contributed by atoms with van der Waals surface area (Å²) in [5.41, 5.74) is 4.57. The van der Waals surface area contributed by atoms with Crippen LogP contribution < -0.4 is 5.32 Å². The first-order valence-electron chi connectivity index (χ1n) is 11.1. The van der Waals surface area contributed by atoms with Crippen LogP contribution in [0, 0.1) is 5.92 Å². The van der Waals surface area contributed by atoms with Crippen molar-refractivity contribution < 1.29 is 29.0 Å². The van der Waals surface area contributed by atoms with Crippen LogP contribution >= 0.6 is 0 Å². The Morgan fingerprint density at radius 3 is 2.39 bits per heavy atom. The van der Waals surface area contributed by atoms with Gasteiger partial charge in [0.05, 0.1) is 19.1 Å². The van der Waals surface area contributed by atoms with E-state index < -0.39 is 24.0 Å². The zero-order valence-electron chi connectivity index (χ0n) is 18.5. The summed E-state index contributed by atoms with van der Waals surface area (Å²) in [6.45, 7) is 2.75. The minimum atomic E-state index is -0.987. The van der Waals surface area contributed by atoms with E-state index in [-0.39, 0.29) is 38.0 Å². The van der Waals surface area contributed by atoms with Crippen molar-refractivity contribution >= 4 is 18.0 Å². The topological polar surface area (TPSA) is 105 Å². The monoisotopic (exact) mass is 452 g/mol. The maximum absolute atomic E-state index is 12.6. The molecule has 1 heterocycles. The zero-order valence-corrected chi connectivity index (χ0v) is 18.5. The number of carboxylic acids is 1. The highest BCUT2D eigenvalue weighted by Gasteiger charge is 2.30. The van der Waals surface area contributed by atoms with Gasteiger partial charge >= 0.3 is 12.1 Å². The normalized spacial score (nSPS) is 18.6. The van der Waals surface area contributed by atoms with Gasteiger partial charge in [0.15, 0.2) is 0 Å². The van der Waals surface area contributed by atoms with E-state index in [2.05, 4.69) is 29.6 Å². The van der Waals surface area contributed by atoms with Crippen LogP contribution in [0.1, 0.15) is 30.4 Å². The summed E-state index contributed by atoms with van der Waals surface area (Å²) in [6, 6.07) is 15.8. The lowest BCUT2D eigenvalue weighted by Crippen LogP contribution is -2.42. The molecule has 8 heteroatoms. The molecule has 8 nitrogen and oxygen atoms in total. The third-order valence-corrected chi connectivity index (χ3v) is 6.16. The number of hydrogen-bond donors (Lipinski definition) is 2. The SMILES string of the molecule is C[C@H](CC(=O)N1CCOCC(C(=O)O)C1)NC(=O)OCC1c2ccccc2-c2ccccc21. The molecule has 174 valence electrons. The van der Waals surface area contributed by atoms with Gasteiger partial charge in [0, 0.05) is 31.5 Å². The number of ether oxygens (including phenoxy) is 2. The molecule has 0 saturated carbocycles. The fourth-order valence-electron chi connectivity index (χ4n) is 4.47. The molecule has 2 atom stereocenters. The number of amides is 2. The van der Waals surface area contributed by atoms with Gasteiger partial charge in [-0.3, -0.25) is 9.59 Å². The van der Waals surface area contributed by atoms with E-state index in [1.54, 1.807) is 6.92 Å². The molecule has 0 radical (unpaired) electrons. The number of rotatable bonds is 6. The number of alkyl carbamates (subject to hydrolysis) is 1. The molecule has 2 aromatic rings. The van der Waals surface area contributed by atoms with Crippen LogP contribution in [-0.2, 0) is 19.1 Å². The molecule has 0 aromatic heterocycles. The summed E-state index contributed by atoms with van der Waals surface area (Å²) in [5, 5.41) is 12.0. The van der Waals surface area contributed by atoms with Crippen LogP contribution in [-0.4, -0.2) is 66.9 Å². The van der Waals surface area contributed by atoms with Crippen molar-refractivity contribution in [1.29, 1.82) is 0 Å². The number of carbonyl (C=O) groups excluding carboxylic acids is 2. The second-order valence-electron chi connectivity index (χ2n) is 8.52. The van der Waals surface area contributed by atoms with E-state index in [0.717, 1.165) is 22.3 Å². The van der Waals surface area contributed by atoms with Crippen molar-refractivity contribution in [2.75, 3.05) is 32.9 Å². The average molecular weight is 453 g/mol. The van der Waals surface area contributed by atoms with Crippen molar-refractivity contribution in [1.82, 2.24) is 10.2 Å². The lowest BCUT2D eigenvalue weighted by molar-refractivity contribution is -0.144. The quantitative estimate of drug-likeness (QED) is 0.698. The van der Waals surface area contributed by atoms with Gasteiger partial charge in [-0.1, -0.05) is 48.5 Å². The third kappa shape index (κ3) is 5.17. The predicted octanol–water partition coefficient (Wildman–Crippen LogP) is 2.86. The summed E-state index contributed by atoms with van der Waals surface area (Å²) < 4.78 is 10.8. The van der Waals surface area contributed by atoms with Crippen LogP contribution in [0.15, 0.2) is 48.5 Å². The number of carbonyl (C=O) groups is 3. The molecular weight excluding hydrogens is 424 g/mol. The van der Waals surface area contributed by atoms with Crippen molar-refractivity contribution in [2.45, 2.75) is 25.3 Å². The van der Waals surface area contributed by atoms with E-state index in [9.17, 15) is 19.5 Å². The fourth-order valence-corrected chi connectivity index (χ4v) is 4.47. The summed E-state index contributed by atoms with van der Waals surface area (Å²) in [7, 11) is 0. The van der Waals surface area contributed by atoms with Crippen LogP contribution in [0.25, 0.3) is 11.1 Å². The number of benzene rings is 2. The highest BCUT2D eigenvalue weighted by molar-refractivity contribution is 5.80. The molecule has 4 rings (SSSR count). The summed E-state index contributed by atoms with van der Waals surface area (Å²) >= 11 is 0. The lowest BCUT2D eigenvalue weighted by atomic mass is 9.98. The Morgan fingerprint density at radius 2 is 1.76 bits per heavy atom. The van der Waals surface area contributed by atoms with Gasteiger partial charge in [-0.15, -0.1) is 0 Å². The average Bonchev–Trinajstić information content (AvgIpc) is 2.94. The lowest BCUT2D eigenvalue weighted by Gasteiger charge is -2.24. The van der Waals surface area contributed by atoms with E-state index in [0.29, 0.717) is 13.2 Å². The van der Waals surface area contributed by atoms with Crippen molar-refractivity contribution in [3.63, 3.8) is 0 Å². The number of fused-ring (bicyclic) bond motifs is 3. The Hall–Kier alpha value is -3.39. The number of aliphatic carboxylic acids is 1. The highest BCUT2D eigenvalue weighted by Crippen LogP contribution is 2.44. The molecule has 33 heavy (non-hydrogen) atoms. The third-order valence-electron chi connectivity index (χ3n) is 6.16. The van der Waals surface area contributed by atoms with Gasteiger partial charge in [-0.05, 0) is 29.2 Å². The number of nitrogens with zero attached hydrogens (tertiary/aromatic N) is 1. The molecule has 2 aromatic carbocycles. The molecule has 0 spiro atoms. The molecule has 2 aliphatic rings. The van der Waals surface area contributed by atoms with Crippen LogP contribution in [0.2, 0.25) is 0 Å². The van der Waals surface area contributed by atoms with Gasteiger partial charge in [0.2, 0.25) is 5.91 Å². The standard InChI is InChI=1S/C25H28N2O6/c1-16(12-23(28)27-10-11-32-14-17(13-27)24(29)30)26-25(31)33-15-22-20-8-4-2-6-18(20)19-7-3-5-9-21(19)22/h2-9,16-17,22H,10-15H2,1H3,(H,26,31)(H,29,30)/t16-,17?/m1/s1. The Balaban J connectivity index is 1.30. The predicted molar refractivity (Wildman–Crippen MR) is 121 cm³/mol. The Bertz CT molecular complexity index is 994. The maximum atomic E-state index is 12.6. The van der Waals surface area contributed by atoms with Gasteiger partial charge in [0.1, 0.15) is 6.61 Å². The van der Waals surface area contributed by atoms with Crippen molar-refractivity contribution in [2.24, 2.45) is 5.92 Å². The van der Waals surface area contributed by atoms with Gasteiger partial charge in [-0.2, -0.15) is 0 Å². The molecule has 1 aliphatic carbocycles. The van der Waals surface area contributed by atoms with Crippen LogP contribution in [0.5, 0.6) is 0 Å². The second kappa shape index (κ2) is 10.0. The largest absolute Gasteiger partial charge is 0.481 e. The first-order valence-corrected chi connectivity index (χ1v) is 11.1. The Morgan fingerprint density at radius 1 is 1.12 bits per heavy atom. The first-order chi connectivity index (χ1) is 15.9. The maximum Gasteiger partial charge on any atom is 0.407 e. The minimum Gasteiger partial charge on any atom is -0.481 e. The Labute approximate surface area is 192 Å². The second-order valence-corrected chi connectivity index (χ2v) is 8.52. The van der Waals surface area contributed by atoms with E-state index in [1.807, 2.05) is 24.3 Å². The Kier molecular flexibility index (Phi) is 6.93. The number of carboxylic acid groups (broad SMARTS) is 1. The number of nitrogens with one attached hydrogen (secondary N) is 1. The zero-order chi connectivity index (χ0) is 23.4. The molecule has 1 unspecified atom stereocenters. The molecule has 2 amide bonds. The van der Waals surface area contributed by atoms with Gasteiger partial charge in [-0.25, -0.2) is 4.79 Å². The fraction of sp³-hybridized carbons (Fsp3) is 0.400. The van der Waals surface area contributed by atoms with Gasteiger partial charge < -0.3 is 24.8 Å². The minimum absolute atomic E-state index is 0.0369. The highest BCUT2D eigenvalue weighted by atomic mass is 16.5. The first kappa shape index (κ1) is 22.8.